The van der Waals surface area contributed by atoms with Gasteiger partial charge < -0.3 is 10.1 Å². The second-order valence-corrected chi connectivity index (χ2v) is 10.4. The van der Waals surface area contributed by atoms with Crippen molar-refractivity contribution in [2.45, 2.75) is 23.3 Å². The van der Waals surface area contributed by atoms with Crippen LogP contribution in [0.4, 0.5) is 0 Å². The number of nitrogens with one attached hydrogen (secondary N) is 1. The first kappa shape index (κ1) is 20.3. The van der Waals surface area contributed by atoms with Crippen LogP contribution < -0.4 is 10.1 Å². The molecule has 1 spiro atoms. The average molecular weight is 457 g/mol. The van der Waals surface area contributed by atoms with Crippen LogP contribution in [-0.2, 0) is 10.0 Å². The molecule has 3 aromatic carbocycles. The molecular weight excluding hydrogens is 432 g/mol. The molecule has 0 unspecified atom stereocenters. The predicted octanol–water partition coefficient (Wildman–Crippen LogP) is 4.82. The van der Waals surface area contributed by atoms with Crippen LogP contribution in [0.5, 0.6) is 5.75 Å². The molecule has 3 heterocycles. The highest BCUT2D eigenvalue weighted by molar-refractivity contribution is 7.90. The first-order valence-corrected chi connectivity index (χ1v) is 12.6. The van der Waals surface area contributed by atoms with Gasteiger partial charge in [0.05, 0.1) is 16.1 Å². The highest BCUT2D eigenvalue weighted by atomic mass is 32.2. The maximum absolute atomic E-state index is 13.9. The van der Waals surface area contributed by atoms with Crippen molar-refractivity contribution in [3.05, 3.63) is 102 Å². The maximum Gasteiger partial charge on any atom is 0.268 e. The van der Waals surface area contributed by atoms with E-state index in [0.29, 0.717) is 11.2 Å². The van der Waals surface area contributed by atoms with E-state index in [2.05, 4.69) is 11.4 Å². The standard InChI is InChI=1S/C27H24N2O3S/c30-33(31,21-9-2-1-3-10-21)29-24-12-6-4-8-20(24)18-25(29)23-19-27(14-16-28-17-15-27)32-26-13-7-5-11-22(23)26/h1-13,18-19,28H,14-17H2. The topological polar surface area (TPSA) is 60.3 Å². The second kappa shape index (κ2) is 7.61. The zero-order valence-corrected chi connectivity index (χ0v) is 18.9. The third-order valence-electron chi connectivity index (χ3n) is 6.57. The van der Waals surface area contributed by atoms with Crippen molar-refractivity contribution >= 4 is 26.5 Å². The van der Waals surface area contributed by atoms with Gasteiger partial charge in [-0.25, -0.2) is 12.4 Å². The number of fused-ring (bicyclic) bond motifs is 2. The highest BCUT2D eigenvalue weighted by Crippen LogP contribution is 2.44. The molecular formula is C27H24N2O3S. The van der Waals surface area contributed by atoms with Crippen LogP contribution in [0.1, 0.15) is 24.1 Å². The normalized spacial score (nSPS) is 17.4. The van der Waals surface area contributed by atoms with Crippen molar-refractivity contribution in [3.63, 3.8) is 0 Å². The van der Waals surface area contributed by atoms with Crippen molar-refractivity contribution in [2.24, 2.45) is 0 Å². The molecule has 1 fully saturated rings. The Morgan fingerprint density at radius 2 is 1.55 bits per heavy atom. The Bertz CT molecular complexity index is 1480. The Balaban J connectivity index is 1.65. The van der Waals surface area contributed by atoms with Gasteiger partial charge in [-0.2, -0.15) is 0 Å². The Hall–Kier alpha value is -3.35. The van der Waals surface area contributed by atoms with E-state index < -0.39 is 15.6 Å². The quantitative estimate of drug-likeness (QED) is 0.480. The summed E-state index contributed by atoms with van der Waals surface area (Å²) in [5.74, 6) is 0.797. The number of nitrogens with zero attached hydrogens (tertiary/aromatic N) is 1. The van der Waals surface area contributed by atoms with E-state index in [9.17, 15) is 8.42 Å². The minimum absolute atomic E-state index is 0.269. The van der Waals surface area contributed by atoms with E-state index in [1.54, 1.807) is 24.3 Å². The summed E-state index contributed by atoms with van der Waals surface area (Å²) < 4.78 is 35.9. The largest absolute Gasteiger partial charge is 0.482 e. The van der Waals surface area contributed by atoms with Gasteiger partial charge in [0.2, 0.25) is 0 Å². The van der Waals surface area contributed by atoms with Crippen molar-refractivity contribution in [1.29, 1.82) is 0 Å². The fourth-order valence-corrected chi connectivity index (χ4v) is 6.50. The van der Waals surface area contributed by atoms with E-state index in [1.807, 2.05) is 60.7 Å². The summed E-state index contributed by atoms with van der Waals surface area (Å²) in [7, 11) is -3.82. The number of ether oxygens (including phenoxy) is 1. The number of hydrogen-bond donors (Lipinski definition) is 1. The molecule has 0 amide bonds. The summed E-state index contributed by atoms with van der Waals surface area (Å²) in [6.07, 6.45) is 3.81. The van der Waals surface area contributed by atoms with Gasteiger partial charge in [0.25, 0.3) is 10.0 Å². The molecule has 2 aliphatic heterocycles. The average Bonchev–Trinajstić information content (AvgIpc) is 3.25. The molecule has 1 saturated heterocycles. The minimum atomic E-state index is -3.82. The van der Waals surface area contributed by atoms with Crippen LogP contribution in [0, 0.1) is 0 Å². The van der Waals surface area contributed by atoms with Gasteiger partial charge in [-0.05, 0) is 49.5 Å². The van der Waals surface area contributed by atoms with Gasteiger partial charge in [-0.15, -0.1) is 0 Å². The predicted molar refractivity (Wildman–Crippen MR) is 130 cm³/mol. The molecule has 33 heavy (non-hydrogen) atoms. The van der Waals surface area contributed by atoms with Crippen LogP contribution in [0.25, 0.3) is 16.5 Å². The molecule has 1 N–H and O–H groups in total. The van der Waals surface area contributed by atoms with Crippen LogP contribution >= 0.6 is 0 Å². The van der Waals surface area contributed by atoms with Crippen molar-refractivity contribution in [1.82, 2.24) is 9.29 Å². The van der Waals surface area contributed by atoms with Crippen LogP contribution in [-0.4, -0.2) is 31.1 Å². The molecule has 0 aliphatic carbocycles. The van der Waals surface area contributed by atoms with Gasteiger partial charge in [0, 0.05) is 29.4 Å². The SMILES string of the molecule is O=S(=O)(c1ccccc1)n1c(C2=CC3(CCNCC3)Oc3ccccc32)cc2ccccc21. The van der Waals surface area contributed by atoms with Gasteiger partial charge in [0.15, 0.2) is 0 Å². The molecule has 5 nitrogen and oxygen atoms in total. The summed E-state index contributed by atoms with van der Waals surface area (Å²) in [4.78, 5) is 0.269. The van der Waals surface area contributed by atoms with Crippen molar-refractivity contribution in [2.75, 3.05) is 13.1 Å². The minimum Gasteiger partial charge on any atom is -0.482 e. The molecule has 4 aromatic rings. The zero-order chi connectivity index (χ0) is 22.5. The molecule has 0 atom stereocenters. The lowest BCUT2D eigenvalue weighted by Crippen LogP contribution is -2.46. The summed E-state index contributed by atoms with van der Waals surface area (Å²) in [6, 6.07) is 26.2. The number of rotatable bonds is 3. The monoisotopic (exact) mass is 456 g/mol. The number of benzene rings is 3. The molecule has 0 radical (unpaired) electrons. The van der Waals surface area contributed by atoms with Crippen molar-refractivity contribution < 1.29 is 13.2 Å². The number of piperidine rings is 1. The number of aromatic nitrogens is 1. The lowest BCUT2D eigenvalue weighted by molar-refractivity contribution is 0.0816. The molecule has 6 rings (SSSR count). The summed E-state index contributed by atoms with van der Waals surface area (Å²) >= 11 is 0. The van der Waals surface area contributed by atoms with Crippen LogP contribution in [0.3, 0.4) is 0 Å². The Morgan fingerprint density at radius 3 is 2.36 bits per heavy atom. The van der Waals surface area contributed by atoms with E-state index in [-0.39, 0.29) is 4.90 Å². The summed E-state index contributed by atoms with van der Waals surface area (Å²) in [5, 5.41) is 4.29. The molecule has 0 saturated carbocycles. The van der Waals surface area contributed by atoms with Gasteiger partial charge in [-0.3, -0.25) is 0 Å². The summed E-state index contributed by atoms with van der Waals surface area (Å²) in [6.45, 7) is 1.72. The fraction of sp³-hybridized carbons (Fsp3) is 0.185. The summed E-state index contributed by atoms with van der Waals surface area (Å²) in [5.41, 5.74) is 2.69. The van der Waals surface area contributed by atoms with E-state index in [0.717, 1.165) is 48.2 Å². The fourth-order valence-electron chi connectivity index (χ4n) is 4.95. The Kier molecular flexibility index (Phi) is 4.67. The van der Waals surface area contributed by atoms with E-state index in [4.69, 9.17) is 4.74 Å². The van der Waals surface area contributed by atoms with Crippen molar-refractivity contribution in [3.8, 4) is 5.75 Å². The number of para-hydroxylation sites is 2. The molecule has 1 aromatic heterocycles. The van der Waals surface area contributed by atoms with E-state index in [1.165, 1.54) is 3.97 Å². The Labute approximate surface area is 193 Å². The van der Waals surface area contributed by atoms with Crippen LogP contribution in [0.2, 0.25) is 0 Å². The highest BCUT2D eigenvalue weighted by Gasteiger charge is 2.38. The first-order valence-electron chi connectivity index (χ1n) is 11.2. The lowest BCUT2D eigenvalue weighted by atomic mass is 9.84. The van der Waals surface area contributed by atoms with Gasteiger partial charge >= 0.3 is 0 Å². The van der Waals surface area contributed by atoms with Gasteiger partial charge in [-0.1, -0.05) is 54.6 Å². The lowest BCUT2D eigenvalue weighted by Gasteiger charge is -2.40. The molecule has 2 aliphatic rings. The second-order valence-electron chi connectivity index (χ2n) is 8.64. The molecule has 0 bridgehead atoms. The zero-order valence-electron chi connectivity index (χ0n) is 18.1. The maximum atomic E-state index is 13.9. The Morgan fingerprint density at radius 1 is 0.848 bits per heavy atom. The smallest absolute Gasteiger partial charge is 0.268 e. The number of hydrogen-bond acceptors (Lipinski definition) is 4. The third-order valence-corrected chi connectivity index (χ3v) is 8.31. The first-order chi connectivity index (χ1) is 16.1. The molecule has 6 heteroatoms. The molecule has 166 valence electrons. The van der Waals surface area contributed by atoms with Gasteiger partial charge in [0.1, 0.15) is 11.4 Å². The van der Waals surface area contributed by atoms with E-state index >= 15 is 0 Å². The third kappa shape index (κ3) is 3.29. The van der Waals surface area contributed by atoms with Crippen LogP contribution in [0.15, 0.2) is 95.9 Å².